The second kappa shape index (κ2) is 5.60. The first-order chi connectivity index (χ1) is 10.7. The van der Waals surface area contributed by atoms with Crippen molar-refractivity contribution < 1.29 is 4.74 Å². The molecule has 0 radical (unpaired) electrons. The van der Waals surface area contributed by atoms with Gasteiger partial charge in [0.15, 0.2) is 0 Å². The maximum atomic E-state index is 6.17. The molecule has 2 aliphatic heterocycles. The fraction of sp³-hybridized carbons (Fsp3) is 0.368. The van der Waals surface area contributed by atoms with E-state index in [1.807, 2.05) is 12.1 Å². The smallest absolute Gasteiger partial charge is 0.0895 e. The van der Waals surface area contributed by atoms with E-state index >= 15 is 0 Å². The van der Waals surface area contributed by atoms with Gasteiger partial charge in [-0.2, -0.15) is 0 Å². The monoisotopic (exact) mass is 313 g/mol. The minimum absolute atomic E-state index is 0.200. The molecule has 2 heterocycles. The second-order valence-electron chi connectivity index (χ2n) is 6.37. The van der Waals surface area contributed by atoms with Crippen LogP contribution >= 0.6 is 11.6 Å². The molecular weight excluding hydrogens is 294 g/mol. The summed E-state index contributed by atoms with van der Waals surface area (Å²) in [7, 11) is 0. The van der Waals surface area contributed by atoms with Gasteiger partial charge in [-0.15, -0.1) is 0 Å². The zero-order valence-corrected chi connectivity index (χ0v) is 13.4. The van der Waals surface area contributed by atoms with Gasteiger partial charge in [0.1, 0.15) is 0 Å². The molecule has 0 saturated carbocycles. The Bertz CT molecular complexity index is 682. The molecule has 0 aromatic heterocycles. The molecule has 114 valence electrons. The number of anilines is 1. The van der Waals surface area contributed by atoms with Crippen molar-refractivity contribution in [3.8, 4) is 0 Å². The third kappa shape index (κ3) is 2.41. The Hall–Kier alpha value is -1.51. The maximum Gasteiger partial charge on any atom is 0.0895 e. The lowest BCUT2D eigenvalue weighted by atomic mass is 9.74. The summed E-state index contributed by atoms with van der Waals surface area (Å²) in [5, 5.41) is 4.40. The lowest BCUT2D eigenvalue weighted by Gasteiger charge is -2.43. The van der Waals surface area contributed by atoms with Crippen molar-refractivity contribution in [2.24, 2.45) is 5.92 Å². The molecule has 0 aliphatic carbocycles. The highest BCUT2D eigenvalue weighted by molar-refractivity contribution is 6.30. The molecule has 1 fully saturated rings. The van der Waals surface area contributed by atoms with Crippen LogP contribution in [0.4, 0.5) is 5.69 Å². The number of ether oxygens (including phenoxy) is 1. The molecule has 2 nitrogen and oxygen atoms in total. The number of hydrogen-bond acceptors (Lipinski definition) is 2. The third-order valence-electron chi connectivity index (χ3n) is 4.97. The van der Waals surface area contributed by atoms with E-state index in [-0.39, 0.29) is 6.10 Å². The summed E-state index contributed by atoms with van der Waals surface area (Å²) in [6.07, 6.45) is 1.27. The number of rotatable bonds is 1. The van der Waals surface area contributed by atoms with E-state index in [4.69, 9.17) is 16.3 Å². The predicted molar refractivity (Wildman–Crippen MR) is 90.7 cm³/mol. The van der Waals surface area contributed by atoms with Crippen molar-refractivity contribution in [3.63, 3.8) is 0 Å². The molecule has 1 N–H and O–H groups in total. The molecule has 2 aliphatic rings. The molecule has 1 saturated heterocycles. The van der Waals surface area contributed by atoms with Gasteiger partial charge >= 0.3 is 0 Å². The van der Waals surface area contributed by atoms with Gasteiger partial charge < -0.3 is 10.1 Å². The molecule has 2 unspecified atom stereocenters. The number of nitrogens with one attached hydrogen (secondary N) is 1. The first-order valence-electron chi connectivity index (χ1n) is 7.94. The quantitative estimate of drug-likeness (QED) is 0.805. The van der Waals surface area contributed by atoms with E-state index in [9.17, 15) is 0 Å². The van der Waals surface area contributed by atoms with Crippen LogP contribution in [0.5, 0.6) is 0 Å². The highest BCUT2D eigenvalue weighted by Gasteiger charge is 2.39. The average Bonchev–Trinajstić information content (AvgIpc) is 2.55. The van der Waals surface area contributed by atoms with E-state index in [1.165, 1.54) is 22.4 Å². The van der Waals surface area contributed by atoms with Crippen LogP contribution in [0.2, 0.25) is 5.02 Å². The first kappa shape index (κ1) is 14.1. The second-order valence-corrected chi connectivity index (χ2v) is 6.81. The van der Waals surface area contributed by atoms with E-state index in [0.29, 0.717) is 11.8 Å². The van der Waals surface area contributed by atoms with Crippen molar-refractivity contribution >= 4 is 17.3 Å². The van der Waals surface area contributed by atoms with Crippen LogP contribution in [-0.4, -0.2) is 13.2 Å². The summed E-state index contributed by atoms with van der Waals surface area (Å²) in [5.74, 6) is 1.00. The summed E-state index contributed by atoms with van der Waals surface area (Å²) in [6, 6.07) is 14.9. The normalized spacial score (nSPS) is 26.7. The van der Waals surface area contributed by atoms with Gasteiger partial charge in [0.2, 0.25) is 0 Å². The number of benzene rings is 2. The van der Waals surface area contributed by atoms with Gasteiger partial charge in [-0.05, 0) is 43.0 Å². The van der Waals surface area contributed by atoms with Gasteiger partial charge in [0.05, 0.1) is 6.10 Å². The van der Waals surface area contributed by atoms with Crippen LogP contribution in [0.25, 0.3) is 0 Å². The molecule has 22 heavy (non-hydrogen) atoms. The van der Waals surface area contributed by atoms with Crippen LogP contribution < -0.4 is 5.32 Å². The highest BCUT2D eigenvalue weighted by Crippen LogP contribution is 2.47. The van der Waals surface area contributed by atoms with Crippen LogP contribution in [0.15, 0.2) is 42.5 Å². The van der Waals surface area contributed by atoms with Crippen molar-refractivity contribution in [2.45, 2.75) is 25.4 Å². The topological polar surface area (TPSA) is 21.3 Å². The Labute approximate surface area is 136 Å². The van der Waals surface area contributed by atoms with E-state index < -0.39 is 0 Å². The standard InChI is InChI=1S/C19H20ClNO/c1-12-2-7-18-16(10-12)19-17(11-21-18)15(8-9-22-19)13-3-5-14(20)6-4-13/h2-7,10,15,17,19,21H,8-9,11H2,1H3/t15-,17?,19?/m0/s1. The van der Waals surface area contributed by atoms with Crippen molar-refractivity contribution in [1.29, 1.82) is 0 Å². The Balaban J connectivity index is 1.69. The summed E-state index contributed by atoms with van der Waals surface area (Å²) >= 11 is 6.04. The Morgan fingerprint density at radius 2 is 1.95 bits per heavy atom. The minimum atomic E-state index is 0.200. The van der Waals surface area contributed by atoms with Crippen molar-refractivity contribution in [3.05, 3.63) is 64.2 Å². The van der Waals surface area contributed by atoms with Gasteiger partial charge in [0.25, 0.3) is 0 Å². The van der Waals surface area contributed by atoms with Crippen LogP contribution in [0.1, 0.15) is 35.1 Å². The molecular formula is C19H20ClNO. The first-order valence-corrected chi connectivity index (χ1v) is 8.31. The molecule has 3 atom stereocenters. The van der Waals surface area contributed by atoms with E-state index in [1.54, 1.807) is 0 Å². The number of hydrogen-bond donors (Lipinski definition) is 1. The maximum absolute atomic E-state index is 6.17. The van der Waals surface area contributed by atoms with Gasteiger partial charge in [0, 0.05) is 35.3 Å². The summed E-state index contributed by atoms with van der Waals surface area (Å²) in [4.78, 5) is 0. The molecule has 3 heteroatoms. The zero-order chi connectivity index (χ0) is 15.1. The molecule has 0 spiro atoms. The van der Waals surface area contributed by atoms with Gasteiger partial charge in [-0.1, -0.05) is 41.4 Å². The largest absolute Gasteiger partial charge is 0.384 e. The fourth-order valence-corrected chi connectivity index (χ4v) is 4.00. The lowest BCUT2D eigenvalue weighted by molar-refractivity contribution is -0.0381. The zero-order valence-electron chi connectivity index (χ0n) is 12.7. The Morgan fingerprint density at radius 3 is 2.77 bits per heavy atom. The van der Waals surface area contributed by atoms with Crippen molar-refractivity contribution in [2.75, 3.05) is 18.5 Å². The van der Waals surface area contributed by atoms with E-state index in [2.05, 4.69) is 42.6 Å². The average molecular weight is 314 g/mol. The predicted octanol–water partition coefficient (Wildman–Crippen LogP) is 4.94. The Kier molecular flexibility index (Phi) is 3.59. The molecule has 4 rings (SSSR count). The molecule has 0 amide bonds. The fourth-order valence-electron chi connectivity index (χ4n) is 3.87. The van der Waals surface area contributed by atoms with E-state index in [0.717, 1.165) is 24.6 Å². The highest BCUT2D eigenvalue weighted by atomic mass is 35.5. The number of halogens is 1. The number of aryl methyl sites for hydroxylation is 1. The van der Waals surface area contributed by atoms with Crippen LogP contribution in [0.3, 0.4) is 0 Å². The third-order valence-corrected chi connectivity index (χ3v) is 5.22. The van der Waals surface area contributed by atoms with Crippen LogP contribution in [0, 0.1) is 12.8 Å². The van der Waals surface area contributed by atoms with Crippen LogP contribution in [-0.2, 0) is 4.74 Å². The van der Waals surface area contributed by atoms with Crippen molar-refractivity contribution in [1.82, 2.24) is 0 Å². The summed E-state index contributed by atoms with van der Waals surface area (Å²) in [6.45, 7) is 3.93. The summed E-state index contributed by atoms with van der Waals surface area (Å²) in [5.41, 5.74) is 5.21. The Morgan fingerprint density at radius 1 is 1.14 bits per heavy atom. The molecule has 2 aromatic carbocycles. The lowest BCUT2D eigenvalue weighted by Crippen LogP contribution is -2.37. The molecule has 0 bridgehead atoms. The number of fused-ring (bicyclic) bond motifs is 3. The molecule has 2 aromatic rings. The SMILES string of the molecule is Cc1ccc2c(c1)C1OCC[C@@H](c3ccc(Cl)cc3)C1CN2. The minimum Gasteiger partial charge on any atom is -0.384 e. The summed E-state index contributed by atoms with van der Waals surface area (Å²) < 4.78 is 6.17. The van der Waals surface area contributed by atoms with Gasteiger partial charge in [-0.25, -0.2) is 0 Å². The van der Waals surface area contributed by atoms with Gasteiger partial charge in [-0.3, -0.25) is 0 Å².